The molecule has 1 aromatic carbocycles. The summed E-state index contributed by atoms with van der Waals surface area (Å²) in [6, 6.07) is 9.80. The van der Waals surface area contributed by atoms with E-state index in [0.29, 0.717) is 6.42 Å². The number of hydrogen-bond acceptors (Lipinski definition) is 2. The number of nitrogens with zero attached hydrogens (tertiary/aromatic N) is 2. The van der Waals surface area contributed by atoms with Gasteiger partial charge in [0.25, 0.3) is 0 Å². The third-order valence-electron chi connectivity index (χ3n) is 3.66. The maximum absolute atomic E-state index is 11.8. The molecule has 1 aromatic rings. The van der Waals surface area contributed by atoms with Crippen LogP contribution in [-0.4, -0.2) is 41.1 Å². The van der Waals surface area contributed by atoms with E-state index in [4.69, 9.17) is 0 Å². The molecule has 18 heavy (non-hydrogen) atoms. The Hall–Kier alpha value is -2.04. The van der Waals surface area contributed by atoms with Crippen LogP contribution in [-0.2, 0) is 11.2 Å². The number of fused-ring (bicyclic) bond motifs is 1. The summed E-state index contributed by atoms with van der Waals surface area (Å²) in [6.45, 7) is 0. The fourth-order valence-electron chi connectivity index (χ4n) is 2.72. The van der Waals surface area contributed by atoms with Crippen LogP contribution in [0.15, 0.2) is 30.3 Å². The number of benzene rings is 1. The Morgan fingerprint density at radius 3 is 2.72 bits per heavy atom. The van der Waals surface area contributed by atoms with Crippen molar-refractivity contribution in [3.63, 3.8) is 0 Å². The molecule has 2 heterocycles. The molecule has 2 fully saturated rings. The largest absolute Gasteiger partial charge is 0.336 e. The van der Waals surface area contributed by atoms with Gasteiger partial charge in [-0.2, -0.15) is 0 Å². The van der Waals surface area contributed by atoms with E-state index < -0.39 is 0 Å². The lowest BCUT2D eigenvalue weighted by Gasteiger charge is -2.22. The summed E-state index contributed by atoms with van der Waals surface area (Å²) in [5.74, 6) is 0.00733. The van der Waals surface area contributed by atoms with Gasteiger partial charge in [-0.25, -0.2) is 9.80 Å². The Labute approximate surface area is 105 Å². The summed E-state index contributed by atoms with van der Waals surface area (Å²) in [4.78, 5) is 23.5. The van der Waals surface area contributed by atoms with Crippen LogP contribution >= 0.6 is 0 Å². The molecule has 0 bridgehead atoms. The molecule has 0 saturated carbocycles. The van der Waals surface area contributed by atoms with Gasteiger partial charge in [-0.3, -0.25) is 9.80 Å². The van der Waals surface area contributed by atoms with Crippen LogP contribution in [0.3, 0.4) is 0 Å². The summed E-state index contributed by atoms with van der Waals surface area (Å²) in [7, 11) is 1.65. The fourth-order valence-corrected chi connectivity index (χ4v) is 2.72. The van der Waals surface area contributed by atoms with Gasteiger partial charge < -0.3 is 5.32 Å². The number of carbonyl (C=O) groups excluding carboxylic acids is 2. The summed E-state index contributed by atoms with van der Waals surface area (Å²) >= 11 is 0. The van der Waals surface area contributed by atoms with Crippen LogP contribution in [0.25, 0.3) is 0 Å². The molecule has 3 rings (SSSR count). The molecule has 1 N–H and O–H groups in total. The number of hydrazine groups is 1. The normalized spacial score (nSPS) is 26.5. The van der Waals surface area contributed by atoms with E-state index in [1.165, 1.54) is 15.6 Å². The van der Waals surface area contributed by atoms with E-state index >= 15 is 0 Å². The zero-order valence-electron chi connectivity index (χ0n) is 10.2. The standard InChI is InChI=1S/C13H15N3O2/c1-15-12(17)8-11-10(14-13(18)16(11)15)7-9-5-3-2-4-6-9/h2-6,10-11H,7-8H2,1H3,(H,14,18)/t10-,11+/m0/s1. The Balaban J connectivity index is 1.79. The first-order valence-electron chi connectivity index (χ1n) is 6.07. The number of hydrogen-bond donors (Lipinski definition) is 1. The SMILES string of the molecule is CN1C(=O)C[C@@H]2[C@H](Cc3ccccc3)NC(=O)N21. The summed E-state index contributed by atoms with van der Waals surface area (Å²) in [5.41, 5.74) is 1.17. The molecule has 0 spiro atoms. The van der Waals surface area contributed by atoms with Crippen molar-refractivity contribution < 1.29 is 9.59 Å². The average Bonchev–Trinajstić information content (AvgIpc) is 2.81. The molecule has 0 aliphatic carbocycles. The fraction of sp³-hybridized carbons (Fsp3) is 0.385. The molecule has 3 amide bonds. The van der Waals surface area contributed by atoms with Crippen molar-refractivity contribution in [2.24, 2.45) is 0 Å². The molecule has 94 valence electrons. The van der Waals surface area contributed by atoms with E-state index in [0.717, 1.165) is 6.42 Å². The van der Waals surface area contributed by atoms with Crippen LogP contribution in [0.4, 0.5) is 4.79 Å². The van der Waals surface area contributed by atoms with E-state index in [1.54, 1.807) is 7.05 Å². The van der Waals surface area contributed by atoms with Gasteiger partial charge in [0, 0.05) is 7.05 Å². The average molecular weight is 245 g/mol. The molecule has 5 heteroatoms. The van der Waals surface area contributed by atoms with Gasteiger partial charge in [0.1, 0.15) is 0 Å². The van der Waals surface area contributed by atoms with Crippen LogP contribution in [0.2, 0.25) is 0 Å². The number of rotatable bonds is 2. The highest BCUT2D eigenvalue weighted by molar-refractivity contribution is 5.87. The van der Waals surface area contributed by atoms with Crippen molar-refractivity contribution in [1.29, 1.82) is 0 Å². The first-order valence-corrected chi connectivity index (χ1v) is 6.07. The van der Waals surface area contributed by atoms with E-state index in [2.05, 4.69) is 5.32 Å². The molecule has 2 saturated heterocycles. The highest BCUT2D eigenvalue weighted by Gasteiger charge is 2.48. The molecule has 2 aliphatic rings. The van der Waals surface area contributed by atoms with Gasteiger partial charge in [0.05, 0.1) is 18.5 Å². The van der Waals surface area contributed by atoms with Crippen molar-refractivity contribution in [2.45, 2.75) is 24.9 Å². The Morgan fingerprint density at radius 2 is 2.00 bits per heavy atom. The number of amides is 3. The lowest BCUT2D eigenvalue weighted by molar-refractivity contribution is -0.132. The highest BCUT2D eigenvalue weighted by Crippen LogP contribution is 2.27. The van der Waals surface area contributed by atoms with E-state index in [9.17, 15) is 9.59 Å². The molecule has 5 nitrogen and oxygen atoms in total. The number of nitrogens with one attached hydrogen (secondary N) is 1. The number of carbonyl (C=O) groups is 2. The van der Waals surface area contributed by atoms with Crippen molar-refractivity contribution >= 4 is 11.9 Å². The monoisotopic (exact) mass is 245 g/mol. The van der Waals surface area contributed by atoms with Gasteiger partial charge in [-0.1, -0.05) is 30.3 Å². The number of urea groups is 1. The second-order valence-corrected chi connectivity index (χ2v) is 4.78. The first-order chi connectivity index (χ1) is 8.66. The maximum Gasteiger partial charge on any atom is 0.336 e. The predicted molar refractivity (Wildman–Crippen MR) is 65.5 cm³/mol. The van der Waals surface area contributed by atoms with Gasteiger partial charge in [-0.15, -0.1) is 0 Å². The summed E-state index contributed by atoms with van der Waals surface area (Å²) in [6.07, 6.45) is 1.17. The quantitative estimate of drug-likeness (QED) is 0.836. The Bertz CT molecular complexity index is 488. The summed E-state index contributed by atoms with van der Waals surface area (Å²) in [5, 5.41) is 5.91. The maximum atomic E-state index is 11.8. The van der Waals surface area contributed by atoms with Crippen molar-refractivity contribution in [2.75, 3.05) is 7.05 Å². The molecule has 0 aromatic heterocycles. The lowest BCUT2D eigenvalue weighted by Crippen LogP contribution is -2.41. The molecule has 0 radical (unpaired) electrons. The van der Waals surface area contributed by atoms with Gasteiger partial charge >= 0.3 is 6.03 Å². The molecule has 2 aliphatic heterocycles. The van der Waals surface area contributed by atoms with Gasteiger partial charge in [0.15, 0.2) is 0 Å². The summed E-state index contributed by atoms with van der Waals surface area (Å²) < 4.78 is 0. The smallest absolute Gasteiger partial charge is 0.331 e. The van der Waals surface area contributed by atoms with Crippen LogP contribution in [0.5, 0.6) is 0 Å². The third-order valence-corrected chi connectivity index (χ3v) is 3.66. The predicted octanol–water partition coefficient (Wildman–Crippen LogP) is 0.769. The zero-order valence-corrected chi connectivity index (χ0v) is 10.2. The highest BCUT2D eigenvalue weighted by atomic mass is 16.2. The van der Waals surface area contributed by atoms with Crippen LogP contribution in [0.1, 0.15) is 12.0 Å². The molecule has 0 unspecified atom stereocenters. The van der Waals surface area contributed by atoms with E-state index in [-0.39, 0.29) is 24.0 Å². The second-order valence-electron chi connectivity index (χ2n) is 4.78. The van der Waals surface area contributed by atoms with Crippen LogP contribution in [0, 0.1) is 0 Å². The minimum atomic E-state index is -0.172. The minimum absolute atomic E-state index is 0.00733. The van der Waals surface area contributed by atoms with Gasteiger partial charge in [0.2, 0.25) is 5.91 Å². The Morgan fingerprint density at radius 1 is 1.28 bits per heavy atom. The Kier molecular flexibility index (Phi) is 2.47. The molecular formula is C13H15N3O2. The van der Waals surface area contributed by atoms with Crippen molar-refractivity contribution in [3.05, 3.63) is 35.9 Å². The first kappa shape index (κ1) is 11.1. The molecular weight excluding hydrogens is 230 g/mol. The van der Waals surface area contributed by atoms with Gasteiger partial charge in [-0.05, 0) is 12.0 Å². The topological polar surface area (TPSA) is 52.7 Å². The van der Waals surface area contributed by atoms with Crippen molar-refractivity contribution in [3.8, 4) is 0 Å². The van der Waals surface area contributed by atoms with Crippen molar-refractivity contribution in [1.82, 2.24) is 15.3 Å². The van der Waals surface area contributed by atoms with Crippen LogP contribution < -0.4 is 5.32 Å². The zero-order chi connectivity index (χ0) is 12.7. The minimum Gasteiger partial charge on any atom is -0.331 e. The molecule has 2 atom stereocenters. The lowest BCUT2D eigenvalue weighted by atomic mass is 9.99. The third kappa shape index (κ3) is 1.63. The van der Waals surface area contributed by atoms with E-state index in [1.807, 2.05) is 30.3 Å². The second kappa shape index (κ2) is 4.01.